The standard InChI is InChI=1S/C11H25NO2S/c1-4-8-15(13,14)9-6-7-11(3)10-12-5-2/h11-12H,4-10H2,1-3H3. The smallest absolute Gasteiger partial charge is 0.150 e. The normalized spacial score (nSPS) is 14.1. The molecule has 0 radical (unpaired) electrons. The molecule has 1 atom stereocenters. The van der Waals surface area contributed by atoms with Crippen molar-refractivity contribution in [3.63, 3.8) is 0 Å². The van der Waals surface area contributed by atoms with Gasteiger partial charge in [-0.1, -0.05) is 20.8 Å². The van der Waals surface area contributed by atoms with E-state index in [9.17, 15) is 8.42 Å². The molecule has 0 spiro atoms. The molecule has 4 heteroatoms. The number of nitrogens with one attached hydrogen (secondary N) is 1. The third-order valence-corrected chi connectivity index (χ3v) is 4.35. The Kier molecular flexibility index (Phi) is 8.06. The quantitative estimate of drug-likeness (QED) is 0.663. The van der Waals surface area contributed by atoms with E-state index in [0.717, 1.165) is 32.4 Å². The van der Waals surface area contributed by atoms with Crippen molar-refractivity contribution < 1.29 is 8.42 Å². The summed E-state index contributed by atoms with van der Waals surface area (Å²) in [5.74, 6) is 1.27. The van der Waals surface area contributed by atoms with Crippen molar-refractivity contribution in [3.8, 4) is 0 Å². The van der Waals surface area contributed by atoms with Gasteiger partial charge in [0.25, 0.3) is 0 Å². The molecule has 0 aromatic carbocycles. The van der Waals surface area contributed by atoms with Crippen LogP contribution in [0.1, 0.15) is 40.0 Å². The van der Waals surface area contributed by atoms with Gasteiger partial charge in [0.05, 0.1) is 5.75 Å². The third kappa shape index (κ3) is 8.88. The zero-order valence-corrected chi connectivity index (χ0v) is 11.1. The maximum Gasteiger partial charge on any atom is 0.150 e. The zero-order chi connectivity index (χ0) is 11.7. The summed E-state index contributed by atoms with van der Waals surface area (Å²) in [5, 5.41) is 3.27. The van der Waals surface area contributed by atoms with Crippen molar-refractivity contribution in [1.82, 2.24) is 5.32 Å². The van der Waals surface area contributed by atoms with Crippen LogP contribution in [0, 0.1) is 5.92 Å². The van der Waals surface area contributed by atoms with Crippen LogP contribution in [-0.2, 0) is 9.84 Å². The van der Waals surface area contributed by atoms with E-state index in [1.807, 2.05) is 6.92 Å². The summed E-state index contributed by atoms with van der Waals surface area (Å²) >= 11 is 0. The Labute approximate surface area is 94.6 Å². The largest absolute Gasteiger partial charge is 0.317 e. The Bertz CT molecular complexity index is 237. The lowest BCUT2D eigenvalue weighted by molar-refractivity contribution is 0.482. The van der Waals surface area contributed by atoms with Crippen LogP contribution >= 0.6 is 0 Å². The highest BCUT2D eigenvalue weighted by atomic mass is 32.2. The van der Waals surface area contributed by atoms with E-state index in [0.29, 0.717) is 17.4 Å². The lowest BCUT2D eigenvalue weighted by atomic mass is 10.1. The second-order valence-electron chi connectivity index (χ2n) is 4.21. The van der Waals surface area contributed by atoms with E-state index in [4.69, 9.17) is 0 Å². The van der Waals surface area contributed by atoms with Crippen LogP contribution in [0.5, 0.6) is 0 Å². The first-order chi connectivity index (χ1) is 7.02. The predicted molar refractivity (Wildman–Crippen MR) is 65.9 cm³/mol. The minimum atomic E-state index is -2.77. The Morgan fingerprint density at radius 1 is 1.20 bits per heavy atom. The van der Waals surface area contributed by atoms with Gasteiger partial charge < -0.3 is 5.32 Å². The van der Waals surface area contributed by atoms with Gasteiger partial charge in [-0.25, -0.2) is 8.42 Å². The van der Waals surface area contributed by atoms with E-state index in [2.05, 4.69) is 19.2 Å². The lowest BCUT2D eigenvalue weighted by Gasteiger charge is -2.11. The molecule has 0 aliphatic heterocycles. The zero-order valence-electron chi connectivity index (χ0n) is 10.3. The Morgan fingerprint density at radius 2 is 1.87 bits per heavy atom. The number of hydrogen-bond donors (Lipinski definition) is 1. The first kappa shape index (κ1) is 14.9. The molecule has 0 aromatic rings. The molecule has 0 amide bonds. The van der Waals surface area contributed by atoms with Crippen LogP contribution in [0.4, 0.5) is 0 Å². The highest BCUT2D eigenvalue weighted by Gasteiger charge is 2.10. The summed E-state index contributed by atoms with van der Waals surface area (Å²) in [6, 6.07) is 0. The maximum atomic E-state index is 11.4. The monoisotopic (exact) mass is 235 g/mol. The van der Waals surface area contributed by atoms with E-state index in [1.54, 1.807) is 0 Å². The molecule has 1 unspecified atom stereocenters. The van der Waals surface area contributed by atoms with Crippen LogP contribution in [-0.4, -0.2) is 33.0 Å². The number of rotatable bonds is 9. The second kappa shape index (κ2) is 8.11. The first-order valence-corrected chi connectivity index (χ1v) is 7.75. The van der Waals surface area contributed by atoms with Gasteiger partial charge in [-0.3, -0.25) is 0 Å². The molecule has 0 aromatic heterocycles. The topological polar surface area (TPSA) is 46.2 Å². The van der Waals surface area contributed by atoms with Crippen LogP contribution in [0.25, 0.3) is 0 Å². The SMILES string of the molecule is CCCS(=O)(=O)CCCC(C)CNCC. The van der Waals surface area contributed by atoms with Gasteiger partial charge in [0, 0.05) is 5.75 Å². The van der Waals surface area contributed by atoms with Crippen molar-refractivity contribution in [2.75, 3.05) is 24.6 Å². The second-order valence-corrected chi connectivity index (χ2v) is 6.51. The maximum absolute atomic E-state index is 11.4. The van der Waals surface area contributed by atoms with Gasteiger partial charge in [-0.15, -0.1) is 0 Å². The first-order valence-electron chi connectivity index (χ1n) is 5.93. The fourth-order valence-electron chi connectivity index (χ4n) is 1.56. The fraction of sp³-hybridized carbons (Fsp3) is 1.00. The van der Waals surface area contributed by atoms with E-state index in [1.165, 1.54) is 0 Å². The van der Waals surface area contributed by atoms with Gasteiger partial charge in [0.1, 0.15) is 9.84 Å². The molecule has 0 bridgehead atoms. The Morgan fingerprint density at radius 3 is 2.40 bits per heavy atom. The number of hydrogen-bond acceptors (Lipinski definition) is 3. The van der Waals surface area contributed by atoms with Gasteiger partial charge in [-0.05, 0) is 38.3 Å². The molecule has 0 saturated heterocycles. The average Bonchev–Trinajstić information content (AvgIpc) is 2.14. The Hall–Kier alpha value is -0.0900. The van der Waals surface area contributed by atoms with Crippen LogP contribution in [0.3, 0.4) is 0 Å². The predicted octanol–water partition coefficient (Wildman–Crippen LogP) is 1.84. The summed E-state index contributed by atoms with van der Waals surface area (Å²) < 4.78 is 22.8. The molecule has 0 aliphatic rings. The lowest BCUT2D eigenvalue weighted by Crippen LogP contribution is -2.21. The van der Waals surface area contributed by atoms with Gasteiger partial charge >= 0.3 is 0 Å². The summed E-state index contributed by atoms with van der Waals surface area (Å²) in [5.41, 5.74) is 0. The van der Waals surface area contributed by atoms with Crippen molar-refractivity contribution in [1.29, 1.82) is 0 Å². The van der Waals surface area contributed by atoms with Crippen molar-refractivity contribution in [3.05, 3.63) is 0 Å². The minimum absolute atomic E-state index is 0.342. The molecule has 15 heavy (non-hydrogen) atoms. The van der Waals surface area contributed by atoms with Crippen LogP contribution < -0.4 is 5.32 Å². The van der Waals surface area contributed by atoms with E-state index < -0.39 is 9.84 Å². The molecule has 92 valence electrons. The summed E-state index contributed by atoms with van der Waals surface area (Å²) in [6.07, 6.45) is 2.53. The molecule has 0 fully saturated rings. The van der Waals surface area contributed by atoms with Crippen LogP contribution in [0.2, 0.25) is 0 Å². The number of sulfone groups is 1. The summed E-state index contributed by atoms with van der Waals surface area (Å²) in [7, 11) is -2.77. The molecule has 0 rings (SSSR count). The van der Waals surface area contributed by atoms with Crippen molar-refractivity contribution in [2.24, 2.45) is 5.92 Å². The van der Waals surface area contributed by atoms with Crippen molar-refractivity contribution >= 4 is 9.84 Å². The molecular weight excluding hydrogens is 210 g/mol. The van der Waals surface area contributed by atoms with Crippen molar-refractivity contribution in [2.45, 2.75) is 40.0 Å². The summed E-state index contributed by atoms with van der Waals surface area (Å²) in [4.78, 5) is 0. The molecule has 1 N–H and O–H groups in total. The van der Waals surface area contributed by atoms with E-state index >= 15 is 0 Å². The minimum Gasteiger partial charge on any atom is -0.317 e. The van der Waals surface area contributed by atoms with Gasteiger partial charge in [0.2, 0.25) is 0 Å². The molecule has 0 saturated carbocycles. The highest BCUT2D eigenvalue weighted by Crippen LogP contribution is 2.07. The van der Waals surface area contributed by atoms with Crippen LogP contribution in [0.15, 0.2) is 0 Å². The summed E-state index contributed by atoms with van der Waals surface area (Å²) in [6.45, 7) is 8.13. The highest BCUT2D eigenvalue weighted by molar-refractivity contribution is 7.91. The molecular formula is C11H25NO2S. The molecule has 0 heterocycles. The van der Waals surface area contributed by atoms with Gasteiger partial charge in [0.15, 0.2) is 0 Å². The fourth-order valence-corrected chi connectivity index (χ4v) is 2.99. The van der Waals surface area contributed by atoms with E-state index in [-0.39, 0.29) is 0 Å². The third-order valence-electron chi connectivity index (χ3n) is 2.41. The van der Waals surface area contributed by atoms with Gasteiger partial charge in [-0.2, -0.15) is 0 Å². The average molecular weight is 235 g/mol. The Balaban J connectivity index is 3.60. The molecule has 3 nitrogen and oxygen atoms in total. The molecule has 0 aliphatic carbocycles.